The van der Waals surface area contributed by atoms with Gasteiger partial charge in [0.05, 0.1) is 11.3 Å². The molecule has 0 N–H and O–H groups in total. The summed E-state index contributed by atoms with van der Waals surface area (Å²) in [4.78, 5) is 39.2. The standard InChI is InChI=1S/C15H17BrN2O3/c1-8(2)17(4)12(19)7-18-13-9(3)5-10(16)6-11(13)14(20)15(18)21/h5-6,8H,7H2,1-4H3. The first-order chi connectivity index (χ1) is 9.73. The Hall–Kier alpha value is -1.69. The van der Waals surface area contributed by atoms with Crippen LogP contribution >= 0.6 is 15.9 Å². The average Bonchev–Trinajstić information content (AvgIpc) is 2.63. The molecular formula is C15H17BrN2O3. The largest absolute Gasteiger partial charge is 0.342 e. The van der Waals surface area contributed by atoms with E-state index in [9.17, 15) is 14.4 Å². The van der Waals surface area contributed by atoms with Gasteiger partial charge in [0.2, 0.25) is 5.91 Å². The second kappa shape index (κ2) is 5.60. The Morgan fingerprint density at radius 2 is 1.95 bits per heavy atom. The highest BCUT2D eigenvalue weighted by Crippen LogP contribution is 2.34. The first kappa shape index (κ1) is 15.7. The maximum Gasteiger partial charge on any atom is 0.299 e. The molecule has 0 spiro atoms. The minimum absolute atomic E-state index is 0.0383. The summed E-state index contributed by atoms with van der Waals surface area (Å²) >= 11 is 3.32. The summed E-state index contributed by atoms with van der Waals surface area (Å²) in [6, 6.07) is 3.49. The Morgan fingerprint density at radius 1 is 1.33 bits per heavy atom. The highest BCUT2D eigenvalue weighted by atomic mass is 79.9. The topological polar surface area (TPSA) is 57.7 Å². The quantitative estimate of drug-likeness (QED) is 0.783. The van der Waals surface area contributed by atoms with Crippen molar-refractivity contribution in [1.82, 2.24) is 4.90 Å². The Kier molecular flexibility index (Phi) is 4.18. The summed E-state index contributed by atoms with van der Waals surface area (Å²) in [5, 5.41) is 0. The molecule has 0 bridgehead atoms. The number of aryl methyl sites for hydroxylation is 1. The van der Waals surface area contributed by atoms with E-state index < -0.39 is 11.7 Å². The number of carbonyl (C=O) groups is 3. The minimum atomic E-state index is -0.642. The molecule has 1 aliphatic heterocycles. The molecule has 0 saturated heterocycles. The van der Waals surface area contributed by atoms with Gasteiger partial charge in [-0.1, -0.05) is 15.9 Å². The monoisotopic (exact) mass is 352 g/mol. The molecule has 1 aliphatic rings. The number of benzene rings is 1. The van der Waals surface area contributed by atoms with E-state index in [1.54, 1.807) is 18.0 Å². The molecule has 5 nitrogen and oxygen atoms in total. The van der Waals surface area contributed by atoms with Gasteiger partial charge in [-0.25, -0.2) is 0 Å². The lowest BCUT2D eigenvalue weighted by atomic mass is 10.1. The van der Waals surface area contributed by atoms with Crippen LogP contribution in [0.25, 0.3) is 0 Å². The van der Waals surface area contributed by atoms with E-state index in [4.69, 9.17) is 0 Å². The zero-order valence-electron chi connectivity index (χ0n) is 12.4. The van der Waals surface area contributed by atoms with Crippen molar-refractivity contribution in [1.29, 1.82) is 0 Å². The molecule has 1 aromatic rings. The number of ketones is 1. The second-order valence-corrected chi connectivity index (χ2v) is 6.35. The molecule has 0 atom stereocenters. The molecule has 0 unspecified atom stereocenters. The van der Waals surface area contributed by atoms with Crippen LogP contribution in [0.15, 0.2) is 16.6 Å². The zero-order chi connectivity index (χ0) is 15.9. The first-order valence-corrected chi connectivity index (χ1v) is 7.45. The van der Waals surface area contributed by atoms with E-state index in [2.05, 4.69) is 15.9 Å². The number of Topliss-reactive ketones (excluding diaryl/α,β-unsaturated/α-hetero) is 1. The number of rotatable bonds is 3. The van der Waals surface area contributed by atoms with Crippen LogP contribution in [0.1, 0.15) is 29.8 Å². The SMILES string of the molecule is Cc1cc(Br)cc2c1N(CC(=O)N(C)C(C)C)C(=O)C2=O. The Morgan fingerprint density at radius 3 is 2.52 bits per heavy atom. The third kappa shape index (κ3) is 2.72. The summed E-state index contributed by atoms with van der Waals surface area (Å²) in [5.41, 5.74) is 1.68. The highest BCUT2D eigenvalue weighted by Gasteiger charge is 2.38. The fourth-order valence-corrected chi connectivity index (χ4v) is 2.86. The summed E-state index contributed by atoms with van der Waals surface area (Å²) < 4.78 is 0.743. The maximum absolute atomic E-state index is 12.2. The predicted octanol–water partition coefficient (Wildman–Crippen LogP) is 2.15. The normalized spacial score (nSPS) is 13.9. The van der Waals surface area contributed by atoms with Crippen molar-refractivity contribution in [2.45, 2.75) is 26.8 Å². The molecule has 6 heteroatoms. The van der Waals surface area contributed by atoms with Gasteiger partial charge in [-0.05, 0) is 38.5 Å². The smallest absolute Gasteiger partial charge is 0.299 e. The summed E-state index contributed by atoms with van der Waals surface area (Å²) in [7, 11) is 1.69. The molecule has 112 valence electrons. The summed E-state index contributed by atoms with van der Waals surface area (Å²) in [6.45, 7) is 5.49. The van der Waals surface area contributed by atoms with Crippen LogP contribution in [0.2, 0.25) is 0 Å². The van der Waals surface area contributed by atoms with Gasteiger partial charge in [0, 0.05) is 17.6 Å². The lowest BCUT2D eigenvalue weighted by molar-refractivity contribution is -0.131. The molecule has 0 aromatic heterocycles. The van der Waals surface area contributed by atoms with Gasteiger partial charge in [0.25, 0.3) is 11.7 Å². The number of carbonyl (C=O) groups excluding carboxylic acids is 3. The number of hydrogen-bond donors (Lipinski definition) is 0. The van der Waals surface area contributed by atoms with Crippen molar-refractivity contribution >= 4 is 39.2 Å². The van der Waals surface area contributed by atoms with Gasteiger partial charge < -0.3 is 4.90 Å². The van der Waals surface area contributed by atoms with Crippen LogP contribution in [-0.2, 0) is 9.59 Å². The van der Waals surface area contributed by atoms with Gasteiger partial charge in [0.15, 0.2) is 0 Å². The number of anilines is 1. The molecule has 2 amide bonds. The van der Waals surface area contributed by atoms with E-state index in [0.29, 0.717) is 11.3 Å². The number of nitrogens with zero attached hydrogens (tertiary/aromatic N) is 2. The molecule has 0 radical (unpaired) electrons. The fraction of sp³-hybridized carbons (Fsp3) is 0.400. The van der Waals surface area contributed by atoms with Gasteiger partial charge in [-0.2, -0.15) is 0 Å². The van der Waals surface area contributed by atoms with Crippen molar-refractivity contribution < 1.29 is 14.4 Å². The van der Waals surface area contributed by atoms with Crippen LogP contribution in [0, 0.1) is 6.92 Å². The molecule has 0 saturated carbocycles. The number of amides is 2. The molecular weight excluding hydrogens is 336 g/mol. The molecule has 2 rings (SSSR count). The van der Waals surface area contributed by atoms with E-state index in [1.807, 2.05) is 26.8 Å². The van der Waals surface area contributed by atoms with E-state index in [0.717, 1.165) is 10.0 Å². The third-order valence-electron chi connectivity index (χ3n) is 3.68. The van der Waals surface area contributed by atoms with Gasteiger partial charge in [-0.15, -0.1) is 0 Å². The maximum atomic E-state index is 12.2. The minimum Gasteiger partial charge on any atom is -0.342 e. The van der Waals surface area contributed by atoms with E-state index >= 15 is 0 Å². The van der Waals surface area contributed by atoms with Crippen molar-refractivity contribution in [3.8, 4) is 0 Å². The molecule has 1 aromatic carbocycles. The highest BCUT2D eigenvalue weighted by molar-refractivity contribution is 9.10. The van der Waals surface area contributed by atoms with Crippen LogP contribution in [0.3, 0.4) is 0 Å². The van der Waals surface area contributed by atoms with Crippen molar-refractivity contribution in [3.05, 3.63) is 27.7 Å². The number of hydrogen-bond acceptors (Lipinski definition) is 3. The van der Waals surface area contributed by atoms with Crippen LogP contribution in [-0.4, -0.2) is 42.1 Å². The number of fused-ring (bicyclic) bond motifs is 1. The molecule has 0 aliphatic carbocycles. The zero-order valence-corrected chi connectivity index (χ0v) is 14.0. The Labute approximate surface area is 132 Å². The second-order valence-electron chi connectivity index (χ2n) is 5.44. The average molecular weight is 353 g/mol. The summed E-state index contributed by atoms with van der Waals surface area (Å²) in [6.07, 6.45) is 0. The first-order valence-electron chi connectivity index (χ1n) is 6.66. The predicted molar refractivity (Wildman–Crippen MR) is 83.5 cm³/mol. The van der Waals surface area contributed by atoms with Gasteiger partial charge in [-0.3, -0.25) is 19.3 Å². The summed E-state index contributed by atoms with van der Waals surface area (Å²) in [5.74, 6) is -1.40. The number of likely N-dealkylation sites (N-methyl/N-ethyl adjacent to an activating group) is 1. The van der Waals surface area contributed by atoms with Gasteiger partial charge in [0.1, 0.15) is 6.54 Å². The van der Waals surface area contributed by atoms with Crippen molar-refractivity contribution in [3.63, 3.8) is 0 Å². The van der Waals surface area contributed by atoms with E-state index in [-0.39, 0.29) is 18.5 Å². The van der Waals surface area contributed by atoms with Crippen molar-refractivity contribution in [2.75, 3.05) is 18.5 Å². The van der Waals surface area contributed by atoms with Gasteiger partial charge >= 0.3 is 0 Å². The van der Waals surface area contributed by atoms with Crippen LogP contribution in [0.5, 0.6) is 0 Å². The Balaban J connectivity index is 2.38. The van der Waals surface area contributed by atoms with Crippen molar-refractivity contribution in [2.24, 2.45) is 0 Å². The van der Waals surface area contributed by atoms with Crippen LogP contribution < -0.4 is 4.90 Å². The number of halogens is 1. The Bertz CT molecular complexity index is 640. The van der Waals surface area contributed by atoms with E-state index in [1.165, 1.54) is 4.90 Å². The molecule has 21 heavy (non-hydrogen) atoms. The lowest BCUT2D eigenvalue weighted by Crippen LogP contribution is -2.43. The van der Waals surface area contributed by atoms with Crippen LogP contribution in [0.4, 0.5) is 5.69 Å². The lowest BCUT2D eigenvalue weighted by Gasteiger charge is -2.25. The fourth-order valence-electron chi connectivity index (χ4n) is 2.29. The third-order valence-corrected chi connectivity index (χ3v) is 4.14. The molecule has 1 heterocycles. The molecule has 0 fully saturated rings.